The van der Waals surface area contributed by atoms with Crippen molar-refractivity contribution < 1.29 is 22.8 Å². The van der Waals surface area contributed by atoms with Crippen LogP contribution in [0.5, 0.6) is 0 Å². The monoisotopic (exact) mass is 436 g/mol. The fraction of sp³-hybridized carbons (Fsp3) is 0.350. The Bertz CT molecular complexity index is 944. The molecule has 2 amide bonds. The summed E-state index contributed by atoms with van der Waals surface area (Å²) in [6.07, 6.45) is -3.49. The molecule has 1 N–H and O–H groups in total. The molecule has 2 aliphatic heterocycles. The molecular formula is C20H19F3N4O2S. The minimum atomic E-state index is -4.42. The van der Waals surface area contributed by atoms with Gasteiger partial charge in [-0.15, -0.1) is 11.8 Å². The standard InChI is InChI=1S/C20H19F3N4O2S/c21-20(22,23)13-5-6-17(24-12-13)26-7-9-27(10-8-26)18(28)11-16-19(29)25-14-3-1-2-4-15(14)30-16/h1-6,12,16H,7-11H2,(H,25,29). The maximum atomic E-state index is 12.7. The molecule has 1 aromatic heterocycles. The molecule has 0 spiro atoms. The number of amides is 2. The summed E-state index contributed by atoms with van der Waals surface area (Å²) in [6, 6.07) is 9.82. The lowest BCUT2D eigenvalue weighted by Gasteiger charge is -2.36. The Morgan fingerprint density at radius 2 is 1.87 bits per heavy atom. The number of anilines is 2. The normalized spacial score (nSPS) is 19.3. The van der Waals surface area contributed by atoms with Crippen LogP contribution in [0.4, 0.5) is 24.7 Å². The average molecular weight is 436 g/mol. The third kappa shape index (κ3) is 4.38. The van der Waals surface area contributed by atoms with E-state index in [0.29, 0.717) is 32.0 Å². The van der Waals surface area contributed by atoms with Crippen molar-refractivity contribution in [1.82, 2.24) is 9.88 Å². The van der Waals surface area contributed by atoms with Gasteiger partial charge in [0.25, 0.3) is 0 Å². The Kier molecular flexibility index (Phi) is 5.59. The van der Waals surface area contributed by atoms with Crippen LogP contribution in [0.1, 0.15) is 12.0 Å². The molecule has 0 aliphatic carbocycles. The summed E-state index contributed by atoms with van der Waals surface area (Å²) >= 11 is 1.39. The summed E-state index contributed by atoms with van der Waals surface area (Å²) in [5, 5.41) is 2.35. The summed E-state index contributed by atoms with van der Waals surface area (Å²) in [5.41, 5.74) is -0.0289. The zero-order valence-corrected chi connectivity index (χ0v) is 16.7. The highest BCUT2D eigenvalue weighted by Crippen LogP contribution is 2.37. The van der Waals surface area contributed by atoms with Gasteiger partial charge in [0.1, 0.15) is 5.82 Å². The first-order chi connectivity index (χ1) is 14.3. The van der Waals surface area contributed by atoms with E-state index in [1.807, 2.05) is 29.2 Å². The van der Waals surface area contributed by atoms with Crippen LogP contribution >= 0.6 is 11.8 Å². The number of pyridine rings is 1. The minimum Gasteiger partial charge on any atom is -0.353 e. The number of rotatable bonds is 3. The second-order valence-electron chi connectivity index (χ2n) is 7.07. The number of benzene rings is 1. The minimum absolute atomic E-state index is 0.101. The summed E-state index contributed by atoms with van der Waals surface area (Å²) < 4.78 is 38.0. The van der Waals surface area contributed by atoms with E-state index in [1.165, 1.54) is 17.8 Å². The Hall–Kier alpha value is -2.75. The SMILES string of the molecule is O=C1Nc2ccccc2SC1CC(=O)N1CCN(c2ccc(C(F)(F)F)cn2)CC1. The van der Waals surface area contributed by atoms with Gasteiger partial charge in [-0.25, -0.2) is 4.98 Å². The van der Waals surface area contributed by atoms with Crippen LogP contribution in [0.25, 0.3) is 0 Å². The van der Waals surface area contributed by atoms with E-state index in [2.05, 4.69) is 10.3 Å². The lowest BCUT2D eigenvalue weighted by molar-refractivity contribution is -0.137. The molecule has 3 heterocycles. The molecule has 4 rings (SSSR count). The molecule has 1 fully saturated rings. The first-order valence-corrected chi connectivity index (χ1v) is 10.3. The van der Waals surface area contributed by atoms with Crippen LogP contribution in [0.15, 0.2) is 47.5 Å². The van der Waals surface area contributed by atoms with Crippen molar-refractivity contribution in [3.63, 3.8) is 0 Å². The Labute approximate surface area is 175 Å². The summed E-state index contributed by atoms with van der Waals surface area (Å²) in [4.78, 5) is 33.4. The number of hydrogen-bond acceptors (Lipinski definition) is 5. The summed E-state index contributed by atoms with van der Waals surface area (Å²) in [6.45, 7) is 1.79. The second kappa shape index (κ2) is 8.17. The third-order valence-electron chi connectivity index (χ3n) is 5.10. The molecule has 6 nitrogen and oxygen atoms in total. The quantitative estimate of drug-likeness (QED) is 0.800. The van der Waals surface area contributed by atoms with Crippen molar-refractivity contribution in [2.75, 3.05) is 36.4 Å². The van der Waals surface area contributed by atoms with Crippen molar-refractivity contribution in [2.45, 2.75) is 22.7 Å². The number of carbonyl (C=O) groups excluding carboxylic acids is 2. The van der Waals surface area contributed by atoms with Crippen LogP contribution in [-0.2, 0) is 15.8 Å². The van der Waals surface area contributed by atoms with Crippen LogP contribution in [0.3, 0.4) is 0 Å². The molecule has 1 saturated heterocycles. The van der Waals surface area contributed by atoms with E-state index in [9.17, 15) is 22.8 Å². The van der Waals surface area contributed by atoms with Crippen molar-refractivity contribution in [1.29, 1.82) is 0 Å². The molecule has 1 aromatic carbocycles. The van der Waals surface area contributed by atoms with E-state index < -0.39 is 17.0 Å². The zero-order chi connectivity index (χ0) is 21.3. The highest BCUT2D eigenvalue weighted by molar-refractivity contribution is 8.01. The van der Waals surface area contributed by atoms with Crippen LogP contribution in [-0.4, -0.2) is 53.1 Å². The van der Waals surface area contributed by atoms with Crippen molar-refractivity contribution in [3.8, 4) is 0 Å². The molecule has 30 heavy (non-hydrogen) atoms. The number of thioether (sulfide) groups is 1. The number of alkyl halides is 3. The van der Waals surface area contributed by atoms with Crippen molar-refractivity contribution >= 4 is 35.1 Å². The van der Waals surface area contributed by atoms with Crippen LogP contribution < -0.4 is 10.2 Å². The van der Waals surface area contributed by atoms with Gasteiger partial charge in [-0.1, -0.05) is 12.1 Å². The second-order valence-corrected chi connectivity index (χ2v) is 8.31. The average Bonchev–Trinajstić information content (AvgIpc) is 2.74. The number of carbonyl (C=O) groups is 2. The fourth-order valence-corrected chi connectivity index (χ4v) is 4.54. The molecule has 158 valence electrons. The van der Waals surface area contributed by atoms with Crippen molar-refractivity contribution in [3.05, 3.63) is 48.2 Å². The number of piperazine rings is 1. The predicted molar refractivity (Wildman–Crippen MR) is 107 cm³/mol. The first kappa shape index (κ1) is 20.5. The predicted octanol–water partition coefficient (Wildman–Crippen LogP) is 3.25. The maximum Gasteiger partial charge on any atom is 0.417 e. The lowest BCUT2D eigenvalue weighted by Crippen LogP contribution is -2.50. The number of nitrogens with zero attached hydrogens (tertiary/aromatic N) is 3. The lowest BCUT2D eigenvalue weighted by atomic mass is 10.2. The number of hydrogen-bond donors (Lipinski definition) is 1. The topological polar surface area (TPSA) is 65.5 Å². The van der Waals surface area contributed by atoms with Crippen molar-refractivity contribution in [2.24, 2.45) is 0 Å². The number of fused-ring (bicyclic) bond motifs is 1. The van der Waals surface area contributed by atoms with Crippen LogP contribution in [0, 0.1) is 0 Å². The van der Waals surface area contributed by atoms with E-state index in [-0.39, 0.29) is 18.2 Å². The zero-order valence-electron chi connectivity index (χ0n) is 15.9. The maximum absolute atomic E-state index is 12.7. The van der Waals surface area contributed by atoms with Gasteiger partial charge in [0, 0.05) is 43.7 Å². The number of halogens is 3. The first-order valence-electron chi connectivity index (χ1n) is 9.44. The largest absolute Gasteiger partial charge is 0.417 e. The smallest absolute Gasteiger partial charge is 0.353 e. The van der Waals surface area contributed by atoms with Gasteiger partial charge in [0.15, 0.2) is 0 Å². The van der Waals surface area contributed by atoms with Gasteiger partial charge >= 0.3 is 6.18 Å². The molecule has 2 aliphatic rings. The molecule has 1 unspecified atom stereocenters. The Balaban J connectivity index is 1.32. The number of aromatic nitrogens is 1. The van der Waals surface area contributed by atoms with E-state index in [0.717, 1.165) is 22.8 Å². The molecule has 10 heteroatoms. The summed E-state index contributed by atoms with van der Waals surface area (Å²) in [5.74, 6) is 0.163. The van der Waals surface area contributed by atoms with Gasteiger partial charge in [0.05, 0.1) is 16.5 Å². The Morgan fingerprint density at radius 3 is 2.53 bits per heavy atom. The number of para-hydroxylation sites is 1. The molecule has 0 saturated carbocycles. The van der Waals surface area contributed by atoms with Gasteiger partial charge in [0.2, 0.25) is 11.8 Å². The molecule has 2 aromatic rings. The van der Waals surface area contributed by atoms with Gasteiger partial charge in [-0.3, -0.25) is 9.59 Å². The van der Waals surface area contributed by atoms with Crippen LogP contribution in [0.2, 0.25) is 0 Å². The molecule has 0 bridgehead atoms. The summed E-state index contributed by atoms with van der Waals surface area (Å²) in [7, 11) is 0. The van der Waals surface area contributed by atoms with Gasteiger partial charge in [-0.05, 0) is 24.3 Å². The van der Waals surface area contributed by atoms with Gasteiger partial charge < -0.3 is 15.1 Å². The van der Waals surface area contributed by atoms with E-state index in [4.69, 9.17) is 0 Å². The highest BCUT2D eigenvalue weighted by atomic mass is 32.2. The van der Waals surface area contributed by atoms with E-state index >= 15 is 0 Å². The highest BCUT2D eigenvalue weighted by Gasteiger charge is 2.33. The molecule has 1 atom stereocenters. The molecule has 0 radical (unpaired) electrons. The molecular weight excluding hydrogens is 417 g/mol. The third-order valence-corrected chi connectivity index (χ3v) is 6.37. The Morgan fingerprint density at radius 1 is 1.13 bits per heavy atom. The van der Waals surface area contributed by atoms with Gasteiger partial charge in [-0.2, -0.15) is 13.2 Å². The van der Waals surface area contributed by atoms with E-state index in [1.54, 1.807) is 4.90 Å². The fourth-order valence-electron chi connectivity index (χ4n) is 3.44. The number of nitrogens with one attached hydrogen (secondary N) is 1.